The smallest absolute Gasteiger partial charge is 0.406 e. The number of hydrogen-bond donors (Lipinski definition) is 1. The lowest BCUT2D eigenvalue weighted by molar-refractivity contribution is -0.274. The van der Waals surface area contributed by atoms with Gasteiger partial charge >= 0.3 is 12.4 Å². The normalized spacial score (nSPS) is 19.4. The maximum atomic E-state index is 13.1. The van der Waals surface area contributed by atoms with Gasteiger partial charge in [0.2, 0.25) is 5.91 Å². The number of alkyl halides is 3. The Morgan fingerprint density at radius 2 is 1.73 bits per heavy atom. The molecule has 1 aliphatic carbocycles. The van der Waals surface area contributed by atoms with Gasteiger partial charge in [0, 0.05) is 17.5 Å². The molecule has 2 aliphatic rings. The van der Waals surface area contributed by atoms with E-state index in [0.717, 1.165) is 47.2 Å². The molecule has 0 radical (unpaired) electrons. The Bertz CT molecular complexity index is 1730. The van der Waals surface area contributed by atoms with Crippen LogP contribution >= 0.6 is 11.8 Å². The number of aromatic nitrogens is 3. The van der Waals surface area contributed by atoms with Gasteiger partial charge in [-0.2, -0.15) is 4.99 Å². The highest BCUT2D eigenvalue weighted by atomic mass is 32.2. The number of carbonyl (C=O) groups excluding carboxylic acids is 2. The van der Waals surface area contributed by atoms with Crippen LogP contribution in [0.5, 0.6) is 5.75 Å². The summed E-state index contributed by atoms with van der Waals surface area (Å²) >= 11 is 1.26. The minimum Gasteiger partial charge on any atom is -0.406 e. The van der Waals surface area contributed by atoms with Gasteiger partial charge in [-0.3, -0.25) is 9.69 Å². The van der Waals surface area contributed by atoms with E-state index >= 15 is 0 Å². The summed E-state index contributed by atoms with van der Waals surface area (Å²) in [6.07, 6.45) is -0.594. The zero-order valence-corrected chi connectivity index (χ0v) is 25.2. The molecule has 3 amide bonds. The minimum atomic E-state index is -4.76. The summed E-state index contributed by atoms with van der Waals surface area (Å²) < 4.78 is 42.7. The molecule has 9 nitrogen and oxygen atoms in total. The third kappa shape index (κ3) is 6.72. The topological polar surface area (TPSA) is 102 Å². The first-order valence-electron chi connectivity index (χ1n) is 14.3. The van der Waals surface area contributed by atoms with E-state index in [1.807, 2.05) is 56.3 Å². The van der Waals surface area contributed by atoms with Crippen molar-refractivity contribution < 1.29 is 27.5 Å². The number of aliphatic imine (C=N–C) groups is 1. The van der Waals surface area contributed by atoms with Gasteiger partial charge in [-0.05, 0) is 67.6 Å². The van der Waals surface area contributed by atoms with Crippen LogP contribution < -0.4 is 15.0 Å². The number of ether oxygens (including phenoxy) is 1. The van der Waals surface area contributed by atoms with Gasteiger partial charge in [-0.1, -0.05) is 60.6 Å². The number of hydrogen-bond acceptors (Lipinski definition) is 6. The second kappa shape index (κ2) is 12.4. The van der Waals surface area contributed by atoms with E-state index in [2.05, 4.69) is 25.1 Å². The monoisotopic (exact) mass is 634 g/mol. The van der Waals surface area contributed by atoms with Crippen LogP contribution in [0.1, 0.15) is 41.9 Å². The molecule has 6 rings (SSSR count). The number of amides is 3. The quantitative estimate of drug-likeness (QED) is 0.247. The number of rotatable bonds is 6. The molecule has 2 unspecified atom stereocenters. The zero-order chi connectivity index (χ0) is 31.7. The van der Waals surface area contributed by atoms with Crippen LogP contribution in [0.15, 0.2) is 78.0 Å². The van der Waals surface area contributed by atoms with Crippen molar-refractivity contribution in [3.05, 3.63) is 89.7 Å². The molecule has 2 heterocycles. The first-order valence-corrected chi connectivity index (χ1v) is 15.3. The average molecular weight is 635 g/mol. The first-order chi connectivity index (χ1) is 21.6. The average Bonchev–Trinajstić information content (AvgIpc) is 3.74. The van der Waals surface area contributed by atoms with Gasteiger partial charge in [0.25, 0.3) is 0 Å². The van der Waals surface area contributed by atoms with Crippen molar-refractivity contribution in [2.45, 2.75) is 51.4 Å². The molecule has 13 heteroatoms. The Morgan fingerprint density at radius 1 is 1.02 bits per heavy atom. The molecule has 3 aromatic carbocycles. The van der Waals surface area contributed by atoms with Gasteiger partial charge in [0.1, 0.15) is 12.1 Å². The van der Waals surface area contributed by atoms with E-state index < -0.39 is 12.4 Å². The number of benzene rings is 3. The van der Waals surface area contributed by atoms with Gasteiger partial charge in [0.05, 0.1) is 17.1 Å². The minimum absolute atomic E-state index is 0.0960. The van der Waals surface area contributed by atoms with E-state index in [-0.39, 0.29) is 29.4 Å². The van der Waals surface area contributed by atoms with Crippen molar-refractivity contribution >= 4 is 34.6 Å². The van der Waals surface area contributed by atoms with E-state index in [1.54, 1.807) is 4.90 Å². The largest absolute Gasteiger partial charge is 0.573 e. The van der Waals surface area contributed by atoms with Crippen LogP contribution in [0.2, 0.25) is 0 Å². The van der Waals surface area contributed by atoms with E-state index in [9.17, 15) is 22.8 Å². The Morgan fingerprint density at radius 3 is 2.42 bits per heavy atom. The van der Waals surface area contributed by atoms with Crippen LogP contribution in [0.3, 0.4) is 0 Å². The molecule has 4 aromatic rings. The van der Waals surface area contributed by atoms with Crippen molar-refractivity contribution in [3.63, 3.8) is 0 Å². The summed E-state index contributed by atoms with van der Waals surface area (Å²) in [6.45, 7) is 3.87. The fraction of sp³-hybridized carbons (Fsp3) is 0.281. The van der Waals surface area contributed by atoms with Gasteiger partial charge < -0.3 is 10.1 Å². The lowest BCUT2D eigenvalue weighted by Gasteiger charge is -2.22. The highest BCUT2D eigenvalue weighted by molar-refractivity contribution is 8.15. The fourth-order valence-corrected chi connectivity index (χ4v) is 6.68. The number of aryl methyl sites for hydroxylation is 2. The Balaban J connectivity index is 1.12. The van der Waals surface area contributed by atoms with E-state index in [0.29, 0.717) is 16.7 Å². The van der Waals surface area contributed by atoms with Crippen LogP contribution in [-0.4, -0.2) is 50.0 Å². The predicted molar refractivity (Wildman–Crippen MR) is 166 cm³/mol. The predicted octanol–water partition coefficient (Wildman–Crippen LogP) is 6.93. The molecule has 2 atom stereocenters. The zero-order valence-electron chi connectivity index (χ0n) is 24.4. The SMILES string of the molecule is Cc1cccc(C)c1N1C(=O)CS/C1=N\C(=O)NC1CCCC1c1ccc(-c2ncn(-c3ccc(OC(F)(F)F)cc3)n2)cc1. The summed E-state index contributed by atoms with van der Waals surface area (Å²) in [5.74, 6) is 0.368. The second-order valence-corrected chi connectivity index (χ2v) is 11.9. The molecule has 1 saturated heterocycles. The Labute approximate surface area is 261 Å². The molecule has 1 N–H and O–H groups in total. The summed E-state index contributed by atoms with van der Waals surface area (Å²) in [7, 11) is 0. The van der Waals surface area contributed by atoms with Crippen LogP contribution in [0.25, 0.3) is 17.1 Å². The molecule has 1 aromatic heterocycles. The number of thioether (sulfide) groups is 1. The molecule has 0 bridgehead atoms. The number of nitrogens with one attached hydrogen (secondary N) is 1. The van der Waals surface area contributed by atoms with Crippen molar-refractivity contribution in [1.29, 1.82) is 0 Å². The Hall–Kier alpha value is -4.65. The van der Waals surface area contributed by atoms with Crippen molar-refractivity contribution in [2.75, 3.05) is 10.7 Å². The van der Waals surface area contributed by atoms with Gasteiger partial charge in [0.15, 0.2) is 11.0 Å². The lowest BCUT2D eigenvalue weighted by atomic mass is 9.93. The Kier molecular flexibility index (Phi) is 8.36. The molecule has 2 fully saturated rings. The summed E-state index contributed by atoms with van der Waals surface area (Å²) in [5.41, 5.74) is 5.02. The third-order valence-electron chi connectivity index (χ3n) is 7.87. The van der Waals surface area contributed by atoms with Crippen LogP contribution in [0.4, 0.5) is 23.7 Å². The number of urea groups is 1. The number of para-hydroxylation sites is 1. The molecule has 0 spiro atoms. The van der Waals surface area contributed by atoms with E-state index in [4.69, 9.17) is 0 Å². The first kappa shape index (κ1) is 30.4. The van der Waals surface area contributed by atoms with Gasteiger partial charge in [-0.25, -0.2) is 14.5 Å². The van der Waals surface area contributed by atoms with Crippen molar-refractivity contribution in [2.24, 2.45) is 4.99 Å². The molecule has 45 heavy (non-hydrogen) atoms. The van der Waals surface area contributed by atoms with Gasteiger partial charge in [-0.15, -0.1) is 18.3 Å². The fourth-order valence-electron chi connectivity index (χ4n) is 5.83. The highest BCUT2D eigenvalue weighted by Gasteiger charge is 2.34. The second-order valence-electron chi connectivity index (χ2n) is 10.9. The highest BCUT2D eigenvalue weighted by Crippen LogP contribution is 2.36. The van der Waals surface area contributed by atoms with Crippen LogP contribution in [-0.2, 0) is 4.79 Å². The maximum Gasteiger partial charge on any atom is 0.573 e. The number of anilines is 1. The molecule has 232 valence electrons. The van der Waals surface area contributed by atoms with Crippen LogP contribution in [0, 0.1) is 13.8 Å². The maximum absolute atomic E-state index is 13.1. The van der Waals surface area contributed by atoms with E-state index in [1.165, 1.54) is 47.0 Å². The third-order valence-corrected chi connectivity index (χ3v) is 8.80. The van der Waals surface area contributed by atoms with Crippen molar-refractivity contribution in [1.82, 2.24) is 20.1 Å². The summed E-state index contributed by atoms with van der Waals surface area (Å²) in [5, 5.41) is 7.93. The number of nitrogens with zero attached hydrogens (tertiary/aromatic N) is 5. The number of amidine groups is 1. The molecule has 1 saturated carbocycles. The summed E-state index contributed by atoms with van der Waals surface area (Å²) in [4.78, 5) is 36.1. The molecule has 1 aliphatic heterocycles. The molecular weight excluding hydrogens is 605 g/mol. The van der Waals surface area contributed by atoms with Crippen molar-refractivity contribution in [3.8, 4) is 22.8 Å². The summed E-state index contributed by atoms with van der Waals surface area (Å²) in [6, 6.07) is 18.4. The lowest BCUT2D eigenvalue weighted by Crippen LogP contribution is -2.37. The number of halogens is 3. The molecular formula is C32H29F3N6O3S. The number of carbonyl (C=O) groups is 2. The standard InChI is InChI=1S/C32H29F3N6O3S/c1-19-5-3-6-20(2)28(19)41-27(42)17-45-31(41)38-30(43)37-26-8-4-7-25(26)21-9-11-22(12-10-21)29-36-18-40(39-29)23-13-15-24(16-14-23)44-32(33,34)35/h3,5-6,9-16,18,25-26H,4,7-8,17H2,1-2H3,(H,37,43)/b38-31-.